The highest BCUT2D eigenvalue weighted by molar-refractivity contribution is 5.96. The lowest BCUT2D eigenvalue weighted by atomic mass is 10.1. The van der Waals surface area contributed by atoms with Gasteiger partial charge in [-0.3, -0.25) is 4.79 Å². The van der Waals surface area contributed by atoms with Gasteiger partial charge in [0.15, 0.2) is 0 Å². The van der Waals surface area contributed by atoms with E-state index in [4.69, 9.17) is 5.11 Å². The van der Waals surface area contributed by atoms with Crippen molar-refractivity contribution in [2.24, 2.45) is 5.92 Å². The minimum atomic E-state index is -1.06. The number of amides is 1. The third-order valence-corrected chi connectivity index (χ3v) is 2.31. The third kappa shape index (κ3) is 4.30. The Bertz CT molecular complexity index is 483. The van der Waals surface area contributed by atoms with Crippen LogP contribution in [0.3, 0.4) is 0 Å². The number of aliphatic carboxylic acids is 1. The van der Waals surface area contributed by atoms with Crippen LogP contribution in [0.5, 0.6) is 0 Å². The van der Waals surface area contributed by atoms with Crippen molar-refractivity contribution in [3.05, 3.63) is 35.9 Å². The van der Waals surface area contributed by atoms with Crippen molar-refractivity contribution in [3.8, 4) is 11.8 Å². The molecule has 1 amide bonds. The molecule has 2 N–H and O–H groups in total. The molecule has 4 nitrogen and oxygen atoms in total. The molecule has 1 aromatic carbocycles. The van der Waals surface area contributed by atoms with Crippen molar-refractivity contribution in [3.63, 3.8) is 0 Å². The molecule has 0 saturated carbocycles. The Kier molecular flexibility index (Phi) is 4.94. The van der Waals surface area contributed by atoms with E-state index in [9.17, 15) is 9.59 Å². The summed E-state index contributed by atoms with van der Waals surface area (Å²) in [4.78, 5) is 22.4. The van der Waals surface area contributed by atoms with Gasteiger partial charge in [0, 0.05) is 11.5 Å². The number of rotatable bonds is 3. The van der Waals surface area contributed by atoms with E-state index in [-0.39, 0.29) is 5.92 Å². The fourth-order valence-electron chi connectivity index (χ4n) is 1.34. The summed E-state index contributed by atoms with van der Waals surface area (Å²) < 4.78 is 0. The average Bonchev–Trinajstić information content (AvgIpc) is 2.34. The highest BCUT2D eigenvalue weighted by Gasteiger charge is 2.22. The smallest absolute Gasteiger partial charge is 0.326 e. The molecule has 0 radical (unpaired) electrons. The lowest BCUT2D eigenvalue weighted by molar-refractivity contribution is -0.142. The Morgan fingerprint density at radius 3 is 2.33 bits per heavy atom. The van der Waals surface area contributed by atoms with Gasteiger partial charge >= 0.3 is 5.97 Å². The van der Waals surface area contributed by atoms with Crippen molar-refractivity contribution in [2.75, 3.05) is 0 Å². The summed E-state index contributed by atoms with van der Waals surface area (Å²) in [5.41, 5.74) is 0.712. The third-order valence-electron chi connectivity index (χ3n) is 2.31. The molecule has 0 aromatic heterocycles. The number of hydrogen-bond acceptors (Lipinski definition) is 2. The van der Waals surface area contributed by atoms with Crippen molar-refractivity contribution in [1.29, 1.82) is 0 Å². The summed E-state index contributed by atoms with van der Waals surface area (Å²) in [5.74, 6) is 3.22. The van der Waals surface area contributed by atoms with Gasteiger partial charge in [-0.15, -0.1) is 0 Å². The van der Waals surface area contributed by atoms with Crippen molar-refractivity contribution in [1.82, 2.24) is 5.32 Å². The van der Waals surface area contributed by atoms with Crippen LogP contribution in [0.15, 0.2) is 30.3 Å². The summed E-state index contributed by atoms with van der Waals surface area (Å²) in [7, 11) is 0. The number of benzene rings is 1. The van der Waals surface area contributed by atoms with Gasteiger partial charge < -0.3 is 10.4 Å². The number of nitrogens with one attached hydrogen (secondary N) is 1. The van der Waals surface area contributed by atoms with Crippen molar-refractivity contribution in [2.45, 2.75) is 19.9 Å². The van der Waals surface area contributed by atoms with Gasteiger partial charge in [-0.05, 0) is 18.1 Å². The van der Waals surface area contributed by atoms with Gasteiger partial charge in [0.25, 0.3) is 5.91 Å². The predicted octanol–water partition coefficient (Wildman–Crippen LogP) is 1.26. The summed E-state index contributed by atoms with van der Waals surface area (Å²) in [6.45, 7) is 3.45. The lowest BCUT2D eigenvalue weighted by Gasteiger charge is -2.15. The molecule has 1 aromatic rings. The van der Waals surface area contributed by atoms with E-state index >= 15 is 0 Å². The summed E-state index contributed by atoms with van der Waals surface area (Å²) >= 11 is 0. The van der Waals surface area contributed by atoms with Crippen LogP contribution in [0.2, 0.25) is 0 Å². The molecule has 0 heterocycles. The molecule has 0 aliphatic heterocycles. The molecular formula is C14H15NO3. The fraction of sp³-hybridized carbons (Fsp3) is 0.286. The van der Waals surface area contributed by atoms with E-state index in [1.807, 2.05) is 18.2 Å². The van der Waals surface area contributed by atoms with E-state index in [1.165, 1.54) is 0 Å². The van der Waals surface area contributed by atoms with Crippen molar-refractivity contribution >= 4 is 11.9 Å². The largest absolute Gasteiger partial charge is 0.480 e. The topological polar surface area (TPSA) is 66.4 Å². The maximum atomic E-state index is 11.5. The van der Waals surface area contributed by atoms with E-state index in [0.717, 1.165) is 0 Å². The van der Waals surface area contributed by atoms with Gasteiger partial charge in [-0.25, -0.2) is 4.79 Å². The van der Waals surface area contributed by atoms with Crippen molar-refractivity contribution < 1.29 is 14.7 Å². The first-order valence-electron chi connectivity index (χ1n) is 5.61. The molecule has 18 heavy (non-hydrogen) atoms. The maximum Gasteiger partial charge on any atom is 0.326 e. The Hall–Kier alpha value is -2.28. The Labute approximate surface area is 106 Å². The number of carboxylic acids is 1. The summed E-state index contributed by atoms with van der Waals surface area (Å²) in [5, 5.41) is 11.3. The van der Waals surface area contributed by atoms with Crippen LogP contribution in [0, 0.1) is 17.8 Å². The van der Waals surface area contributed by atoms with Crippen LogP contribution in [-0.2, 0) is 9.59 Å². The van der Waals surface area contributed by atoms with Gasteiger partial charge in [0.1, 0.15) is 6.04 Å². The number of carboxylic acid groups (broad SMARTS) is 1. The van der Waals surface area contributed by atoms with Gasteiger partial charge in [0.2, 0.25) is 0 Å². The van der Waals surface area contributed by atoms with Crippen LogP contribution >= 0.6 is 0 Å². The normalized spacial score (nSPS) is 11.3. The zero-order valence-corrected chi connectivity index (χ0v) is 10.3. The summed E-state index contributed by atoms with van der Waals surface area (Å²) in [6.07, 6.45) is 0. The fourth-order valence-corrected chi connectivity index (χ4v) is 1.34. The average molecular weight is 245 g/mol. The molecule has 0 bridgehead atoms. The minimum Gasteiger partial charge on any atom is -0.480 e. The Balaban J connectivity index is 2.67. The van der Waals surface area contributed by atoms with E-state index in [2.05, 4.69) is 17.2 Å². The highest BCUT2D eigenvalue weighted by Crippen LogP contribution is 2.01. The molecule has 94 valence electrons. The lowest BCUT2D eigenvalue weighted by Crippen LogP contribution is -2.43. The molecule has 0 aliphatic carbocycles. The molecule has 1 atom stereocenters. The molecule has 1 unspecified atom stereocenters. The molecule has 0 aliphatic rings. The number of carbonyl (C=O) groups is 2. The monoisotopic (exact) mass is 245 g/mol. The zero-order valence-electron chi connectivity index (χ0n) is 10.3. The zero-order chi connectivity index (χ0) is 13.5. The van der Waals surface area contributed by atoms with Crippen LogP contribution in [0.1, 0.15) is 19.4 Å². The molecular weight excluding hydrogens is 230 g/mol. The van der Waals surface area contributed by atoms with Crippen LogP contribution < -0.4 is 5.32 Å². The summed E-state index contributed by atoms with van der Waals surface area (Å²) in [6, 6.07) is 8.12. The molecule has 0 fully saturated rings. The second-order valence-corrected chi connectivity index (χ2v) is 4.15. The van der Waals surface area contributed by atoms with Crippen LogP contribution in [0.4, 0.5) is 0 Å². The first-order chi connectivity index (χ1) is 8.50. The maximum absolute atomic E-state index is 11.5. The SMILES string of the molecule is CC(C)C(NC(=O)C#Cc1ccccc1)C(=O)O. The predicted molar refractivity (Wildman–Crippen MR) is 67.7 cm³/mol. The number of carbonyl (C=O) groups excluding carboxylic acids is 1. The van der Waals surface area contributed by atoms with E-state index in [1.54, 1.807) is 26.0 Å². The van der Waals surface area contributed by atoms with Gasteiger partial charge in [-0.1, -0.05) is 38.0 Å². The Morgan fingerprint density at radius 2 is 1.83 bits per heavy atom. The van der Waals surface area contributed by atoms with Crippen LogP contribution in [-0.4, -0.2) is 23.0 Å². The molecule has 0 spiro atoms. The second kappa shape index (κ2) is 6.45. The highest BCUT2D eigenvalue weighted by atomic mass is 16.4. The minimum absolute atomic E-state index is 0.190. The van der Waals surface area contributed by atoms with E-state index < -0.39 is 17.9 Å². The van der Waals surface area contributed by atoms with Crippen LogP contribution in [0.25, 0.3) is 0 Å². The first-order valence-corrected chi connectivity index (χ1v) is 5.61. The molecule has 4 heteroatoms. The number of hydrogen-bond donors (Lipinski definition) is 2. The molecule has 0 saturated heterocycles. The quantitative estimate of drug-likeness (QED) is 0.788. The second-order valence-electron chi connectivity index (χ2n) is 4.15. The first kappa shape index (κ1) is 13.8. The van der Waals surface area contributed by atoms with E-state index in [0.29, 0.717) is 5.56 Å². The van der Waals surface area contributed by atoms with Gasteiger partial charge in [-0.2, -0.15) is 0 Å². The molecule has 1 rings (SSSR count). The standard InChI is InChI=1S/C14H15NO3/c1-10(2)13(14(17)18)15-12(16)9-8-11-6-4-3-5-7-11/h3-7,10,13H,1-2H3,(H,15,16)(H,17,18). The van der Waals surface area contributed by atoms with Gasteiger partial charge in [0.05, 0.1) is 0 Å². The Morgan fingerprint density at radius 1 is 1.22 bits per heavy atom.